The zero-order chi connectivity index (χ0) is 16.2. The lowest BCUT2D eigenvalue weighted by molar-refractivity contribution is -0.128. The largest absolute Gasteiger partial charge is 0.467 e. The Bertz CT molecular complexity index is 694. The summed E-state index contributed by atoms with van der Waals surface area (Å²) in [5, 5.41) is 2.92. The van der Waals surface area contributed by atoms with E-state index in [1.165, 1.54) is 5.56 Å². The van der Waals surface area contributed by atoms with Crippen molar-refractivity contribution in [3.8, 4) is 0 Å². The van der Waals surface area contributed by atoms with Crippen LogP contribution >= 0.6 is 0 Å². The molecule has 1 aromatic heterocycles. The second kappa shape index (κ2) is 6.69. The van der Waals surface area contributed by atoms with Crippen molar-refractivity contribution in [2.24, 2.45) is 5.92 Å². The van der Waals surface area contributed by atoms with Crippen molar-refractivity contribution in [3.05, 3.63) is 54.0 Å². The first-order chi connectivity index (χ1) is 11.2. The lowest BCUT2D eigenvalue weighted by Gasteiger charge is -2.15. The molecule has 1 aliphatic heterocycles. The molecular formula is C18H20N2O3. The van der Waals surface area contributed by atoms with Gasteiger partial charge in [0.2, 0.25) is 11.8 Å². The summed E-state index contributed by atoms with van der Waals surface area (Å²) in [6, 6.07) is 11.4. The molecule has 0 radical (unpaired) electrons. The highest BCUT2D eigenvalue weighted by Crippen LogP contribution is 2.22. The van der Waals surface area contributed by atoms with E-state index in [9.17, 15) is 9.59 Å². The Morgan fingerprint density at radius 2 is 2.22 bits per heavy atom. The number of carbonyl (C=O) groups excluding carboxylic acids is 2. The number of nitrogens with zero attached hydrogens (tertiary/aromatic N) is 1. The number of hydrogen-bond acceptors (Lipinski definition) is 3. The number of benzene rings is 1. The fraction of sp³-hybridized carbons (Fsp3) is 0.333. The van der Waals surface area contributed by atoms with Gasteiger partial charge in [-0.25, -0.2) is 0 Å². The molecule has 2 heterocycles. The van der Waals surface area contributed by atoms with Gasteiger partial charge in [-0.3, -0.25) is 9.59 Å². The van der Waals surface area contributed by atoms with Crippen LogP contribution in [0.5, 0.6) is 0 Å². The van der Waals surface area contributed by atoms with Gasteiger partial charge in [-0.15, -0.1) is 0 Å². The van der Waals surface area contributed by atoms with Gasteiger partial charge in [0.25, 0.3) is 0 Å². The van der Waals surface area contributed by atoms with Crippen LogP contribution in [0.4, 0.5) is 5.69 Å². The number of nitrogens with one attached hydrogen (secondary N) is 1. The molecule has 0 aliphatic carbocycles. The first-order valence-corrected chi connectivity index (χ1v) is 7.85. The highest BCUT2D eigenvalue weighted by Gasteiger charge is 2.34. The molecule has 1 aromatic carbocycles. The predicted octanol–water partition coefficient (Wildman–Crippen LogP) is 2.83. The van der Waals surface area contributed by atoms with Gasteiger partial charge < -0.3 is 14.6 Å². The third-order valence-corrected chi connectivity index (χ3v) is 4.11. The Morgan fingerprint density at radius 3 is 2.96 bits per heavy atom. The van der Waals surface area contributed by atoms with Gasteiger partial charge >= 0.3 is 0 Å². The van der Waals surface area contributed by atoms with Gasteiger partial charge in [0.15, 0.2) is 0 Å². The number of hydrogen-bond donors (Lipinski definition) is 1. The number of rotatable bonds is 5. The summed E-state index contributed by atoms with van der Waals surface area (Å²) >= 11 is 0. The molecular weight excluding hydrogens is 292 g/mol. The molecule has 23 heavy (non-hydrogen) atoms. The molecule has 1 aliphatic rings. The smallest absolute Gasteiger partial charge is 0.229 e. The summed E-state index contributed by atoms with van der Waals surface area (Å²) in [4.78, 5) is 26.1. The molecule has 5 nitrogen and oxygen atoms in total. The van der Waals surface area contributed by atoms with E-state index in [2.05, 4.69) is 12.2 Å². The van der Waals surface area contributed by atoms with E-state index in [0.29, 0.717) is 13.1 Å². The third kappa shape index (κ3) is 3.62. The number of carbonyl (C=O) groups is 2. The zero-order valence-electron chi connectivity index (χ0n) is 13.1. The highest BCUT2D eigenvalue weighted by atomic mass is 16.3. The molecule has 0 spiro atoms. The van der Waals surface area contributed by atoms with E-state index < -0.39 is 0 Å². The summed E-state index contributed by atoms with van der Waals surface area (Å²) in [6.45, 7) is 2.92. The monoisotopic (exact) mass is 312 g/mol. The van der Waals surface area contributed by atoms with Gasteiger partial charge in [0.05, 0.1) is 18.7 Å². The Labute approximate surface area is 135 Å². The van der Waals surface area contributed by atoms with Crippen molar-refractivity contribution < 1.29 is 14.0 Å². The second-order valence-electron chi connectivity index (χ2n) is 5.80. The molecule has 1 fully saturated rings. The van der Waals surface area contributed by atoms with Crippen molar-refractivity contribution in [2.75, 3.05) is 11.9 Å². The first-order valence-electron chi connectivity index (χ1n) is 7.85. The summed E-state index contributed by atoms with van der Waals surface area (Å²) in [6.07, 6.45) is 2.75. The Balaban J connectivity index is 1.61. The lowest BCUT2D eigenvalue weighted by atomic mass is 10.1. The maximum absolute atomic E-state index is 12.4. The number of amides is 2. The van der Waals surface area contributed by atoms with E-state index in [1.54, 1.807) is 17.2 Å². The quantitative estimate of drug-likeness (QED) is 0.923. The first kappa shape index (κ1) is 15.3. The number of anilines is 1. The van der Waals surface area contributed by atoms with Gasteiger partial charge in [-0.05, 0) is 36.2 Å². The van der Waals surface area contributed by atoms with Crippen LogP contribution in [0.25, 0.3) is 0 Å². The van der Waals surface area contributed by atoms with Crippen LogP contribution < -0.4 is 5.32 Å². The van der Waals surface area contributed by atoms with Crippen molar-refractivity contribution in [2.45, 2.75) is 26.3 Å². The Morgan fingerprint density at radius 1 is 1.35 bits per heavy atom. The van der Waals surface area contributed by atoms with Crippen molar-refractivity contribution in [1.29, 1.82) is 0 Å². The Kier molecular flexibility index (Phi) is 4.46. The fourth-order valence-electron chi connectivity index (χ4n) is 2.80. The minimum absolute atomic E-state index is 0.0103. The SMILES string of the molecule is CCc1cccc(NC(=O)C2CC(=O)N(Cc3ccco3)C2)c1. The third-order valence-electron chi connectivity index (χ3n) is 4.11. The predicted molar refractivity (Wildman–Crippen MR) is 86.7 cm³/mol. The molecule has 120 valence electrons. The standard InChI is InChI=1S/C18H20N2O3/c1-2-13-5-3-6-15(9-13)19-18(22)14-10-17(21)20(11-14)12-16-7-4-8-23-16/h3-9,14H,2,10-12H2,1H3,(H,19,22). The molecule has 5 heteroatoms. The highest BCUT2D eigenvalue weighted by molar-refractivity contribution is 5.97. The summed E-state index contributed by atoms with van der Waals surface area (Å²) in [5.74, 6) is 0.301. The maximum atomic E-state index is 12.4. The zero-order valence-corrected chi connectivity index (χ0v) is 13.1. The minimum atomic E-state index is -0.317. The molecule has 1 atom stereocenters. The van der Waals surface area contributed by atoms with Gasteiger partial charge in [0, 0.05) is 18.7 Å². The molecule has 2 aromatic rings. The molecule has 0 saturated carbocycles. The number of furan rings is 1. The van der Waals surface area contributed by atoms with Gasteiger partial charge in [-0.1, -0.05) is 19.1 Å². The van der Waals surface area contributed by atoms with E-state index >= 15 is 0 Å². The topological polar surface area (TPSA) is 62.6 Å². The van der Waals surface area contributed by atoms with Crippen LogP contribution in [0.1, 0.15) is 24.7 Å². The molecule has 1 N–H and O–H groups in total. The Hall–Kier alpha value is -2.56. The second-order valence-corrected chi connectivity index (χ2v) is 5.80. The molecule has 1 saturated heterocycles. The molecule has 1 unspecified atom stereocenters. The van der Waals surface area contributed by atoms with E-state index in [0.717, 1.165) is 17.9 Å². The molecule has 0 bridgehead atoms. The minimum Gasteiger partial charge on any atom is -0.467 e. The molecule has 3 rings (SSSR count). The van der Waals surface area contributed by atoms with Crippen molar-refractivity contribution in [1.82, 2.24) is 4.90 Å². The molecule has 2 amide bonds. The lowest BCUT2D eigenvalue weighted by Crippen LogP contribution is -2.27. The van der Waals surface area contributed by atoms with Gasteiger partial charge in [0.1, 0.15) is 5.76 Å². The average molecular weight is 312 g/mol. The summed E-state index contributed by atoms with van der Waals surface area (Å²) in [7, 11) is 0. The maximum Gasteiger partial charge on any atom is 0.229 e. The van der Waals surface area contributed by atoms with Crippen molar-refractivity contribution in [3.63, 3.8) is 0 Å². The van der Waals surface area contributed by atoms with Crippen LogP contribution in [-0.4, -0.2) is 23.3 Å². The summed E-state index contributed by atoms with van der Waals surface area (Å²) in [5.41, 5.74) is 1.95. The number of aryl methyl sites for hydroxylation is 1. The van der Waals surface area contributed by atoms with Crippen LogP contribution in [0.15, 0.2) is 47.1 Å². The van der Waals surface area contributed by atoms with Gasteiger partial charge in [-0.2, -0.15) is 0 Å². The van der Waals surface area contributed by atoms with E-state index in [4.69, 9.17) is 4.42 Å². The van der Waals surface area contributed by atoms with E-state index in [1.807, 2.05) is 30.3 Å². The van der Waals surface area contributed by atoms with Crippen molar-refractivity contribution >= 4 is 17.5 Å². The van der Waals surface area contributed by atoms with Crippen LogP contribution in [-0.2, 0) is 22.6 Å². The van der Waals surface area contributed by atoms with Crippen LogP contribution in [0.3, 0.4) is 0 Å². The number of likely N-dealkylation sites (tertiary alicyclic amines) is 1. The summed E-state index contributed by atoms with van der Waals surface area (Å²) < 4.78 is 5.27. The average Bonchev–Trinajstić information content (AvgIpc) is 3.18. The normalized spacial score (nSPS) is 17.5. The van der Waals surface area contributed by atoms with Crippen LogP contribution in [0.2, 0.25) is 0 Å². The van der Waals surface area contributed by atoms with Crippen LogP contribution in [0, 0.1) is 5.92 Å². The van der Waals surface area contributed by atoms with E-state index in [-0.39, 0.29) is 24.2 Å². The fourth-order valence-corrected chi connectivity index (χ4v) is 2.80.